The molecule has 0 bridgehead atoms. The number of anilines is 1. The van der Waals surface area contributed by atoms with Gasteiger partial charge in [-0.1, -0.05) is 72.3 Å². The van der Waals surface area contributed by atoms with Crippen molar-refractivity contribution in [1.29, 1.82) is 0 Å². The molecule has 0 saturated carbocycles. The van der Waals surface area contributed by atoms with Crippen LogP contribution in [0.25, 0.3) is 0 Å². The summed E-state index contributed by atoms with van der Waals surface area (Å²) in [5, 5.41) is 0.563. The van der Waals surface area contributed by atoms with E-state index in [0.29, 0.717) is 17.2 Å². The van der Waals surface area contributed by atoms with Gasteiger partial charge in [-0.2, -0.15) is 0 Å². The van der Waals surface area contributed by atoms with Gasteiger partial charge in [-0.05, 0) is 66.9 Å². The van der Waals surface area contributed by atoms with Crippen LogP contribution in [0.1, 0.15) is 41.6 Å². The lowest BCUT2D eigenvalue weighted by Crippen LogP contribution is -2.47. The van der Waals surface area contributed by atoms with Crippen LogP contribution in [0, 0.1) is 0 Å². The molecule has 4 aromatic rings. The van der Waals surface area contributed by atoms with E-state index in [0.717, 1.165) is 39.4 Å². The topological polar surface area (TPSA) is 51.1 Å². The fourth-order valence-corrected chi connectivity index (χ4v) is 5.35. The van der Waals surface area contributed by atoms with Gasteiger partial charge < -0.3 is 9.47 Å². The molecule has 4 aromatic carbocycles. The van der Waals surface area contributed by atoms with Gasteiger partial charge in [-0.3, -0.25) is 14.7 Å². The Bertz CT molecular complexity index is 1500. The molecule has 5 rings (SSSR count). The fourth-order valence-electron chi connectivity index (χ4n) is 5.18. The minimum Gasteiger partial charge on any atom is -0.497 e. The summed E-state index contributed by atoms with van der Waals surface area (Å²) in [6.45, 7) is 5.84. The molecule has 0 unspecified atom stereocenters. The zero-order chi connectivity index (χ0) is 28.3. The van der Waals surface area contributed by atoms with Gasteiger partial charge in [0.25, 0.3) is 5.91 Å². The van der Waals surface area contributed by atoms with Crippen molar-refractivity contribution in [3.05, 3.63) is 137 Å². The first-order valence-corrected chi connectivity index (χ1v) is 13.4. The van der Waals surface area contributed by atoms with E-state index in [1.807, 2.05) is 109 Å². The normalized spacial score (nSPS) is 16.7. The average molecular weight is 551 g/mol. The van der Waals surface area contributed by atoms with E-state index >= 15 is 0 Å². The summed E-state index contributed by atoms with van der Waals surface area (Å²) in [7, 11) is 3.27. The zero-order valence-corrected chi connectivity index (χ0v) is 23.6. The van der Waals surface area contributed by atoms with Gasteiger partial charge in [-0.25, -0.2) is 0 Å². The second kappa shape index (κ2) is 11.4. The van der Waals surface area contributed by atoms with Crippen molar-refractivity contribution in [3.8, 4) is 11.5 Å². The third-order valence-electron chi connectivity index (χ3n) is 7.22. The van der Waals surface area contributed by atoms with Crippen molar-refractivity contribution in [3.63, 3.8) is 0 Å². The molecule has 0 aromatic heterocycles. The van der Waals surface area contributed by atoms with Gasteiger partial charge in [0.05, 0.1) is 31.7 Å². The minimum absolute atomic E-state index is 0.140. The van der Waals surface area contributed by atoms with Crippen LogP contribution in [0.4, 0.5) is 5.69 Å². The standard InChI is InChI=1S/C34H31ClN2O3/c1-5-21-34(2)33(38)37(30-20-15-26(35)22-29(30)31(36-34)23-9-7-6-8-10-23)32(24-11-16-27(39-3)17-12-24)25-13-18-28(40-4)19-14-25/h5-20,22,32H,1,21H2,2-4H3/t34-/m1/s1. The molecule has 1 atom stereocenters. The number of benzene rings is 4. The molecule has 6 heteroatoms. The summed E-state index contributed by atoms with van der Waals surface area (Å²) in [5.74, 6) is 1.33. The molecule has 0 saturated heterocycles. The van der Waals surface area contributed by atoms with Crippen molar-refractivity contribution >= 4 is 28.9 Å². The largest absolute Gasteiger partial charge is 0.497 e. The van der Waals surface area contributed by atoms with Gasteiger partial charge in [-0.15, -0.1) is 6.58 Å². The summed E-state index contributed by atoms with van der Waals surface area (Å²) in [6.07, 6.45) is 2.11. The number of halogens is 1. The Balaban J connectivity index is 1.81. The van der Waals surface area contributed by atoms with Crippen molar-refractivity contribution < 1.29 is 14.3 Å². The number of ether oxygens (including phenoxy) is 2. The molecule has 1 aliphatic rings. The molecule has 1 heterocycles. The summed E-state index contributed by atoms with van der Waals surface area (Å²) >= 11 is 6.58. The highest BCUT2D eigenvalue weighted by Crippen LogP contribution is 2.42. The third kappa shape index (κ3) is 5.13. The predicted octanol–water partition coefficient (Wildman–Crippen LogP) is 7.67. The van der Waals surface area contributed by atoms with Gasteiger partial charge in [0.1, 0.15) is 17.0 Å². The third-order valence-corrected chi connectivity index (χ3v) is 7.46. The highest BCUT2D eigenvalue weighted by Gasteiger charge is 2.44. The Kier molecular flexibility index (Phi) is 7.76. The van der Waals surface area contributed by atoms with Crippen molar-refractivity contribution in [2.24, 2.45) is 4.99 Å². The van der Waals surface area contributed by atoms with Crippen molar-refractivity contribution in [2.75, 3.05) is 19.1 Å². The second-order valence-corrected chi connectivity index (χ2v) is 10.3. The van der Waals surface area contributed by atoms with Crippen molar-refractivity contribution in [1.82, 2.24) is 0 Å². The molecule has 0 radical (unpaired) electrons. The first-order chi connectivity index (χ1) is 19.4. The number of nitrogens with zero attached hydrogens (tertiary/aromatic N) is 2. The maximum absolute atomic E-state index is 14.8. The van der Waals surface area contributed by atoms with Gasteiger partial charge in [0, 0.05) is 16.1 Å². The molecule has 40 heavy (non-hydrogen) atoms. The second-order valence-electron chi connectivity index (χ2n) is 9.88. The number of hydrogen-bond acceptors (Lipinski definition) is 4. The highest BCUT2D eigenvalue weighted by atomic mass is 35.5. The van der Waals surface area contributed by atoms with Crippen LogP contribution in [-0.2, 0) is 4.79 Å². The quantitative estimate of drug-likeness (QED) is 0.212. The summed E-state index contributed by atoms with van der Waals surface area (Å²) < 4.78 is 10.9. The lowest BCUT2D eigenvalue weighted by molar-refractivity contribution is -0.123. The van der Waals surface area contributed by atoms with E-state index in [4.69, 9.17) is 26.1 Å². The Morgan fingerprint density at radius 2 is 1.48 bits per heavy atom. The Morgan fingerprint density at radius 1 is 0.900 bits per heavy atom. The lowest BCUT2D eigenvalue weighted by Gasteiger charge is -2.37. The van der Waals surface area contributed by atoms with Crippen LogP contribution in [0.5, 0.6) is 11.5 Å². The van der Waals surface area contributed by atoms with Crippen LogP contribution < -0.4 is 14.4 Å². The van der Waals surface area contributed by atoms with Gasteiger partial charge in [0.15, 0.2) is 0 Å². The Hall–Kier alpha value is -4.35. The number of aliphatic imine (C=N–C) groups is 1. The Labute approximate surface area is 240 Å². The molecule has 1 aliphatic heterocycles. The molecular weight excluding hydrogens is 520 g/mol. The number of amides is 1. The fraction of sp³-hybridized carbons (Fsp3) is 0.176. The number of rotatable bonds is 8. The number of carbonyl (C=O) groups is 1. The molecule has 202 valence electrons. The minimum atomic E-state index is -1.12. The number of carbonyl (C=O) groups excluding carboxylic acids is 1. The van der Waals surface area contributed by atoms with E-state index in [2.05, 4.69) is 6.58 Å². The molecule has 5 nitrogen and oxygen atoms in total. The molecule has 0 fully saturated rings. The summed E-state index contributed by atoms with van der Waals surface area (Å²) in [6, 6.07) is 30.6. The van der Waals surface area contributed by atoms with Crippen LogP contribution in [0.15, 0.2) is 115 Å². The van der Waals surface area contributed by atoms with Crippen LogP contribution in [0.3, 0.4) is 0 Å². The maximum atomic E-state index is 14.8. The molecule has 0 spiro atoms. The molecule has 0 N–H and O–H groups in total. The summed E-state index contributed by atoms with van der Waals surface area (Å²) in [4.78, 5) is 21.8. The molecule has 1 amide bonds. The SMILES string of the molecule is C=CC[C@@]1(C)N=C(c2ccccc2)c2cc(Cl)ccc2N(C(c2ccc(OC)cc2)c2ccc(OC)cc2)C1=O. The number of benzodiazepines with no additional fused rings is 1. The van der Waals surface area contributed by atoms with Crippen LogP contribution in [-0.4, -0.2) is 31.4 Å². The van der Waals surface area contributed by atoms with E-state index in [-0.39, 0.29) is 5.91 Å². The van der Waals surface area contributed by atoms with E-state index in [9.17, 15) is 4.79 Å². The van der Waals surface area contributed by atoms with Crippen LogP contribution in [0.2, 0.25) is 5.02 Å². The molecule has 0 aliphatic carbocycles. The highest BCUT2D eigenvalue weighted by molar-refractivity contribution is 6.32. The summed E-state index contributed by atoms with van der Waals surface area (Å²) in [5.41, 5.74) is 3.85. The zero-order valence-electron chi connectivity index (χ0n) is 22.8. The lowest BCUT2D eigenvalue weighted by atomic mass is 9.91. The maximum Gasteiger partial charge on any atom is 0.255 e. The first kappa shape index (κ1) is 27.2. The van der Waals surface area contributed by atoms with E-state index in [1.165, 1.54) is 0 Å². The van der Waals surface area contributed by atoms with Crippen molar-refractivity contribution in [2.45, 2.75) is 24.9 Å². The first-order valence-electron chi connectivity index (χ1n) is 13.1. The van der Waals surface area contributed by atoms with Gasteiger partial charge >= 0.3 is 0 Å². The average Bonchev–Trinajstić information content (AvgIpc) is 3.07. The number of fused-ring (bicyclic) bond motifs is 1. The molecular formula is C34H31ClN2O3. The van der Waals surface area contributed by atoms with E-state index in [1.54, 1.807) is 20.3 Å². The number of methoxy groups -OCH3 is 2. The smallest absolute Gasteiger partial charge is 0.255 e. The number of hydrogen-bond donors (Lipinski definition) is 0. The Morgan fingerprint density at radius 3 is 2.00 bits per heavy atom. The van der Waals surface area contributed by atoms with E-state index < -0.39 is 11.6 Å². The van der Waals surface area contributed by atoms with Gasteiger partial charge in [0.2, 0.25) is 0 Å². The predicted molar refractivity (Wildman–Crippen MR) is 162 cm³/mol. The van der Waals surface area contributed by atoms with Crippen LogP contribution >= 0.6 is 11.6 Å². The monoisotopic (exact) mass is 550 g/mol.